The SMILES string of the molecule is CCn1c(SCC(=O)Nc2nc3ccc(F)cc3s2)nc2ccsc2c1=O. The largest absolute Gasteiger partial charge is 0.301 e. The van der Waals surface area contributed by atoms with Crippen LogP contribution in [-0.2, 0) is 11.3 Å². The summed E-state index contributed by atoms with van der Waals surface area (Å²) in [5, 5.41) is 5.47. The molecule has 1 N–H and O–H groups in total. The second kappa shape index (κ2) is 7.37. The molecule has 3 heterocycles. The Morgan fingerprint density at radius 3 is 2.96 bits per heavy atom. The normalized spacial score (nSPS) is 11.3. The highest BCUT2D eigenvalue weighted by molar-refractivity contribution is 7.99. The molecule has 0 saturated heterocycles. The van der Waals surface area contributed by atoms with Crippen molar-refractivity contribution in [3.8, 4) is 0 Å². The summed E-state index contributed by atoms with van der Waals surface area (Å²) in [5.74, 6) is -0.513. The number of thiazole rings is 1. The summed E-state index contributed by atoms with van der Waals surface area (Å²) < 4.78 is 16.1. The molecule has 1 aromatic carbocycles. The molecule has 6 nitrogen and oxygen atoms in total. The van der Waals surface area contributed by atoms with Gasteiger partial charge in [0, 0.05) is 6.54 Å². The molecule has 138 valence electrons. The van der Waals surface area contributed by atoms with Gasteiger partial charge in [0.05, 0.1) is 21.5 Å². The predicted molar refractivity (Wildman–Crippen MR) is 108 cm³/mol. The number of anilines is 1. The van der Waals surface area contributed by atoms with Gasteiger partial charge in [0.15, 0.2) is 10.3 Å². The molecule has 27 heavy (non-hydrogen) atoms. The first-order chi connectivity index (χ1) is 13.0. The number of thioether (sulfide) groups is 1. The van der Waals surface area contributed by atoms with E-state index in [0.717, 1.165) is 0 Å². The van der Waals surface area contributed by atoms with Gasteiger partial charge in [0.25, 0.3) is 5.56 Å². The highest BCUT2D eigenvalue weighted by Crippen LogP contribution is 2.27. The van der Waals surface area contributed by atoms with Gasteiger partial charge >= 0.3 is 0 Å². The molecular weight excluding hydrogens is 407 g/mol. The van der Waals surface area contributed by atoms with Gasteiger partial charge in [-0.05, 0) is 36.6 Å². The first-order valence-corrected chi connectivity index (χ1v) is 10.7. The second-order valence-electron chi connectivity index (χ2n) is 5.55. The lowest BCUT2D eigenvalue weighted by atomic mass is 10.3. The van der Waals surface area contributed by atoms with Crippen molar-refractivity contribution in [2.75, 3.05) is 11.1 Å². The molecule has 0 unspecified atom stereocenters. The number of hydrogen-bond donors (Lipinski definition) is 1. The maximum atomic E-state index is 13.3. The molecule has 4 aromatic rings. The number of carbonyl (C=O) groups excluding carboxylic acids is 1. The monoisotopic (exact) mass is 420 g/mol. The first kappa shape index (κ1) is 18.1. The van der Waals surface area contributed by atoms with E-state index < -0.39 is 0 Å². The van der Waals surface area contributed by atoms with E-state index in [4.69, 9.17) is 0 Å². The van der Waals surface area contributed by atoms with Crippen LogP contribution in [0.4, 0.5) is 9.52 Å². The molecule has 3 aromatic heterocycles. The molecular formula is C17H13FN4O2S3. The highest BCUT2D eigenvalue weighted by atomic mass is 32.2. The molecule has 4 rings (SSSR count). The zero-order valence-electron chi connectivity index (χ0n) is 14.1. The number of carbonyl (C=O) groups is 1. The number of aromatic nitrogens is 3. The van der Waals surface area contributed by atoms with Gasteiger partial charge in [-0.15, -0.1) is 11.3 Å². The molecule has 0 aliphatic heterocycles. The Labute approximate surface area is 165 Å². The number of nitrogens with zero attached hydrogens (tertiary/aromatic N) is 3. The number of thiophene rings is 1. The number of amides is 1. The van der Waals surface area contributed by atoms with Gasteiger partial charge in [-0.2, -0.15) is 0 Å². The summed E-state index contributed by atoms with van der Waals surface area (Å²) in [5.41, 5.74) is 1.19. The third-order valence-electron chi connectivity index (χ3n) is 3.78. The van der Waals surface area contributed by atoms with E-state index in [0.29, 0.717) is 37.3 Å². The van der Waals surface area contributed by atoms with Crippen LogP contribution in [0.1, 0.15) is 6.92 Å². The highest BCUT2D eigenvalue weighted by Gasteiger charge is 2.14. The van der Waals surface area contributed by atoms with Crippen LogP contribution in [-0.4, -0.2) is 26.2 Å². The van der Waals surface area contributed by atoms with Crippen LogP contribution in [0.15, 0.2) is 39.6 Å². The van der Waals surface area contributed by atoms with E-state index in [1.165, 1.54) is 46.6 Å². The predicted octanol–water partition coefficient (Wildman–Crippen LogP) is 3.96. The van der Waals surface area contributed by atoms with E-state index >= 15 is 0 Å². The van der Waals surface area contributed by atoms with Crippen LogP contribution >= 0.6 is 34.4 Å². The van der Waals surface area contributed by atoms with Crippen LogP contribution in [0, 0.1) is 5.82 Å². The average molecular weight is 421 g/mol. The van der Waals surface area contributed by atoms with Crippen molar-refractivity contribution in [3.63, 3.8) is 0 Å². The van der Waals surface area contributed by atoms with Gasteiger partial charge < -0.3 is 5.32 Å². The van der Waals surface area contributed by atoms with Crippen molar-refractivity contribution in [2.24, 2.45) is 0 Å². The maximum Gasteiger partial charge on any atom is 0.272 e. The number of benzene rings is 1. The van der Waals surface area contributed by atoms with Crippen LogP contribution in [0.5, 0.6) is 0 Å². The lowest BCUT2D eigenvalue weighted by molar-refractivity contribution is -0.113. The topological polar surface area (TPSA) is 76.9 Å². The van der Waals surface area contributed by atoms with Crippen molar-refractivity contribution in [1.82, 2.24) is 14.5 Å². The Kier molecular flexibility index (Phi) is 4.94. The van der Waals surface area contributed by atoms with Crippen molar-refractivity contribution in [3.05, 3.63) is 45.8 Å². The van der Waals surface area contributed by atoms with Gasteiger partial charge in [-0.1, -0.05) is 23.1 Å². The Hall–Kier alpha value is -2.30. The Morgan fingerprint density at radius 1 is 1.30 bits per heavy atom. The van der Waals surface area contributed by atoms with Crippen molar-refractivity contribution in [1.29, 1.82) is 0 Å². The molecule has 1 amide bonds. The van der Waals surface area contributed by atoms with Crippen molar-refractivity contribution in [2.45, 2.75) is 18.6 Å². The van der Waals surface area contributed by atoms with Gasteiger partial charge in [-0.25, -0.2) is 14.4 Å². The number of fused-ring (bicyclic) bond motifs is 2. The summed E-state index contributed by atoms with van der Waals surface area (Å²) in [4.78, 5) is 33.5. The number of rotatable bonds is 5. The van der Waals surface area contributed by atoms with Crippen LogP contribution in [0.25, 0.3) is 20.4 Å². The molecule has 0 saturated carbocycles. The molecule has 0 aliphatic carbocycles. The standard InChI is InChI=1S/C17H13FN4O2S3/c1-2-22-15(24)14-11(5-6-25-14)20-17(22)26-8-13(23)21-16-19-10-4-3-9(18)7-12(10)27-16/h3-7H,2,8H2,1H3,(H,19,21,23). The van der Waals surface area contributed by atoms with Gasteiger partial charge in [0.1, 0.15) is 10.5 Å². The third kappa shape index (κ3) is 3.60. The number of nitrogens with one attached hydrogen (secondary N) is 1. The maximum absolute atomic E-state index is 13.3. The fraction of sp³-hybridized carbons (Fsp3) is 0.176. The average Bonchev–Trinajstić information content (AvgIpc) is 3.26. The summed E-state index contributed by atoms with van der Waals surface area (Å²) in [6.45, 7) is 2.35. The molecule has 0 aliphatic rings. The van der Waals surface area contributed by atoms with Crippen LogP contribution in [0.3, 0.4) is 0 Å². The van der Waals surface area contributed by atoms with Gasteiger partial charge in [0.2, 0.25) is 5.91 Å². The molecule has 0 fully saturated rings. The van der Waals surface area contributed by atoms with Gasteiger partial charge in [-0.3, -0.25) is 14.2 Å². The minimum absolute atomic E-state index is 0.0893. The molecule has 0 radical (unpaired) electrons. The molecule has 0 bridgehead atoms. The Balaban J connectivity index is 1.50. The van der Waals surface area contributed by atoms with E-state index in [2.05, 4.69) is 15.3 Å². The van der Waals surface area contributed by atoms with E-state index in [1.54, 1.807) is 16.7 Å². The molecule has 0 spiro atoms. The Bertz CT molecular complexity index is 1210. The summed E-state index contributed by atoms with van der Waals surface area (Å²) in [6, 6.07) is 6.09. The zero-order chi connectivity index (χ0) is 19.0. The number of hydrogen-bond acceptors (Lipinski definition) is 7. The summed E-state index contributed by atoms with van der Waals surface area (Å²) in [7, 11) is 0. The summed E-state index contributed by atoms with van der Waals surface area (Å²) >= 11 is 3.78. The lowest BCUT2D eigenvalue weighted by Gasteiger charge is -2.09. The fourth-order valence-corrected chi connectivity index (χ4v) is 5.10. The van der Waals surface area contributed by atoms with E-state index in [9.17, 15) is 14.0 Å². The Morgan fingerprint density at radius 2 is 2.15 bits per heavy atom. The quantitative estimate of drug-likeness (QED) is 0.391. The van der Waals surface area contributed by atoms with E-state index in [1.807, 2.05) is 12.3 Å². The summed E-state index contributed by atoms with van der Waals surface area (Å²) in [6.07, 6.45) is 0. The van der Waals surface area contributed by atoms with Crippen LogP contribution in [0.2, 0.25) is 0 Å². The van der Waals surface area contributed by atoms with Crippen LogP contribution < -0.4 is 10.9 Å². The van der Waals surface area contributed by atoms with E-state index in [-0.39, 0.29) is 23.0 Å². The molecule has 0 atom stereocenters. The zero-order valence-corrected chi connectivity index (χ0v) is 16.5. The molecule has 10 heteroatoms. The second-order valence-corrected chi connectivity index (χ2v) is 8.44. The fourth-order valence-electron chi connectivity index (χ4n) is 2.55. The minimum atomic E-state index is -0.341. The smallest absolute Gasteiger partial charge is 0.272 e. The third-order valence-corrected chi connectivity index (χ3v) is 6.58. The first-order valence-electron chi connectivity index (χ1n) is 8.02. The lowest BCUT2D eigenvalue weighted by Crippen LogP contribution is -2.22. The minimum Gasteiger partial charge on any atom is -0.301 e. The van der Waals surface area contributed by atoms with Crippen molar-refractivity contribution < 1.29 is 9.18 Å². The van der Waals surface area contributed by atoms with Crippen molar-refractivity contribution >= 4 is 65.9 Å². The number of halogens is 1.